The minimum absolute atomic E-state index is 0.111. The topological polar surface area (TPSA) is 29.1 Å². The van der Waals surface area contributed by atoms with E-state index < -0.39 is 0 Å². The van der Waals surface area contributed by atoms with E-state index in [1.807, 2.05) is 0 Å². The van der Waals surface area contributed by atoms with Gasteiger partial charge in [-0.1, -0.05) is 0 Å². The summed E-state index contributed by atoms with van der Waals surface area (Å²) in [6, 6.07) is 0. The Morgan fingerprint density at radius 3 is 2.89 bits per heavy atom. The van der Waals surface area contributed by atoms with Crippen molar-refractivity contribution >= 4 is 17.7 Å². The van der Waals surface area contributed by atoms with E-state index in [0.29, 0.717) is 0 Å². The van der Waals surface area contributed by atoms with Crippen LogP contribution < -0.4 is 4.72 Å². The monoisotopic (exact) mass is 141 g/mol. The fraction of sp³-hybridized carbons (Fsp3) is 0.167. The summed E-state index contributed by atoms with van der Waals surface area (Å²) in [4.78, 5) is 10.6. The second kappa shape index (κ2) is 2.73. The number of hydrogen-bond donors (Lipinski definition) is 1. The van der Waals surface area contributed by atoms with Crippen molar-refractivity contribution in [2.45, 2.75) is 6.92 Å². The maximum absolute atomic E-state index is 10.6. The van der Waals surface area contributed by atoms with Crippen molar-refractivity contribution in [2.24, 2.45) is 0 Å². The molecule has 0 saturated heterocycles. The number of allylic oxidation sites excluding steroid dienone is 2. The molecule has 9 heavy (non-hydrogen) atoms. The average molecular weight is 141 g/mol. The molecule has 2 nitrogen and oxygen atoms in total. The third-order valence-corrected chi connectivity index (χ3v) is 1.64. The maximum atomic E-state index is 10.6. The summed E-state index contributed by atoms with van der Waals surface area (Å²) in [5.41, 5.74) is 0.763. The van der Waals surface area contributed by atoms with Crippen LogP contribution >= 0.6 is 11.9 Å². The zero-order valence-electron chi connectivity index (χ0n) is 5.05. The van der Waals surface area contributed by atoms with E-state index in [9.17, 15) is 4.79 Å². The number of rotatable bonds is 1. The van der Waals surface area contributed by atoms with Crippen LogP contribution in [0.4, 0.5) is 0 Å². The Balaban J connectivity index is 2.69. The quantitative estimate of drug-likeness (QED) is 0.557. The molecule has 0 radical (unpaired) electrons. The highest BCUT2D eigenvalue weighted by molar-refractivity contribution is 8.00. The fourth-order valence-electron chi connectivity index (χ4n) is 0.500. The Hall–Kier alpha value is -0.700. The first kappa shape index (κ1) is 6.42. The molecule has 0 amide bonds. The van der Waals surface area contributed by atoms with Crippen molar-refractivity contribution in [3.05, 3.63) is 23.3 Å². The van der Waals surface area contributed by atoms with Crippen molar-refractivity contribution in [2.75, 3.05) is 0 Å². The predicted octanol–water partition coefficient (Wildman–Crippen LogP) is 1.22. The van der Waals surface area contributed by atoms with E-state index in [0.717, 1.165) is 5.57 Å². The molecule has 0 spiro atoms. The van der Waals surface area contributed by atoms with Gasteiger partial charge in [0.25, 0.3) is 0 Å². The number of hydrogen-bond acceptors (Lipinski definition) is 3. The van der Waals surface area contributed by atoms with E-state index in [-0.39, 0.29) is 5.78 Å². The minimum Gasteiger partial charge on any atom is -0.333 e. The molecular weight excluding hydrogens is 134 g/mol. The van der Waals surface area contributed by atoms with Gasteiger partial charge in [-0.05, 0) is 24.9 Å². The van der Waals surface area contributed by atoms with Gasteiger partial charge in [0.2, 0.25) is 0 Å². The van der Waals surface area contributed by atoms with Crippen LogP contribution in [0.25, 0.3) is 0 Å². The largest absolute Gasteiger partial charge is 0.333 e. The van der Waals surface area contributed by atoms with Crippen LogP contribution in [0.3, 0.4) is 0 Å². The van der Waals surface area contributed by atoms with Gasteiger partial charge in [-0.2, -0.15) is 0 Å². The summed E-state index contributed by atoms with van der Waals surface area (Å²) in [6.07, 6.45) is 3.51. The number of carbonyl (C=O) groups is 1. The molecule has 0 aliphatic carbocycles. The molecule has 48 valence electrons. The van der Waals surface area contributed by atoms with Gasteiger partial charge < -0.3 is 4.72 Å². The lowest BCUT2D eigenvalue weighted by Crippen LogP contribution is -2.00. The highest BCUT2D eigenvalue weighted by Crippen LogP contribution is 2.10. The third-order valence-electron chi connectivity index (χ3n) is 0.991. The molecule has 0 saturated carbocycles. The van der Waals surface area contributed by atoms with Crippen LogP contribution in [-0.2, 0) is 4.79 Å². The van der Waals surface area contributed by atoms with Gasteiger partial charge in [-0.15, -0.1) is 0 Å². The molecule has 1 rings (SSSR count). The molecule has 3 heteroatoms. The summed E-state index contributed by atoms with van der Waals surface area (Å²) < 4.78 is 2.88. The van der Waals surface area contributed by atoms with Crippen LogP contribution in [-0.4, -0.2) is 5.78 Å². The zero-order chi connectivity index (χ0) is 6.69. The van der Waals surface area contributed by atoms with E-state index in [2.05, 4.69) is 4.72 Å². The van der Waals surface area contributed by atoms with Crippen molar-refractivity contribution in [1.29, 1.82) is 0 Å². The maximum Gasteiger partial charge on any atom is 0.160 e. The normalized spacial score (nSPS) is 16.3. The molecule has 0 aromatic carbocycles. The first-order valence-corrected chi connectivity index (χ1v) is 3.47. The lowest BCUT2D eigenvalue weighted by molar-refractivity contribution is -0.113. The van der Waals surface area contributed by atoms with Crippen molar-refractivity contribution in [3.63, 3.8) is 0 Å². The molecule has 1 N–H and O–H groups in total. The molecule has 1 aliphatic rings. The Morgan fingerprint density at radius 2 is 2.56 bits per heavy atom. The zero-order valence-corrected chi connectivity index (χ0v) is 5.87. The van der Waals surface area contributed by atoms with Crippen LogP contribution in [0.1, 0.15) is 6.92 Å². The Labute approximate surface area is 58.1 Å². The van der Waals surface area contributed by atoms with Crippen molar-refractivity contribution < 1.29 is 4.79 Å². The summed E-state index contributed by atoms with van der Waals surface area (Å²) in [5, 5.41) is 1.79. The first-order chi connectivity index (χ1) is 4.30. The molecule has 0 aromatic rings. The van der Waals surface area contributed by atoms with Crippen molar-refractivity contribution in [3.8, 4) is 0 Å². The van der Waals surface area contributed by atoms with E-state index >= 15 is 0 Å². The number of ketones is 1. The van der Waals surface area contributed by atoms with E-state index in [4.69, 9.17) is 0 Å². The standard InChI is InChI=1S/C6H7NOS/c1-5(8)6-2-3-7-9-4-6/h2-4,7H,1H3. The molecule has 0 bridgehead atoms. The Morgan fingerprint density at radius 1 is 1.78 bits per heavy atom. The third kappa shape index (κ3) is 1.61. The summed E-state index contributed by atoms with van der Waals surface area (Å²) >= 11 is 1.41. The van der Waals surface area contributed by atoms with Crippen molar-refractivity contribution in [1.82, 2.24) is 4.72 Å². The van der Waals surface area contributed by atoms with Gasteiger partial charge in [0.15, 0.2) is 5.78 Å². The SMILES string of the molecule is CC(=O)C1=CSNC=C1. The number of carbonyl (C=O) groups excluding carboxylic acids is 1. The van der Waals surface area contributed by atoms with Crippen LogP contribution in [0.5, 0.6) is 0 Å². The molecule has 0 unspecified atom stereocenters. The summed E-state index contributed by atoms with van der Waals surface area (Å²) in [6.45, 7) is 1.56. The molecule has 1 heterocycles. The van der Waals surface area contributed by atoms with E-state index in [1.165, 1.54) is 11.9 Å². The highest BCUT2D eigenvalue weighted by Gasteiger charge is 2.00. The molecule has 0 fully saturated rings. The molecule has 0 aromatic heterocycles. The average Bonchev–Trinajstić information content (AvgIpc) is 1.90. The van der Waals surface area contributed by atoms with Gasteiger partial charge in [-0.25, -0.2) is 0 Å². The van der Waals surface area contributed by atoms with Crippen LogP contribution in [0.15, 0.2) is 23.3 Å². The fourth-order valence-corrected chi connectivity index (χ4v) is 1.09. The van der Waals surface area contributed by atoms with Gasteiger partial charge in [0, 0.05) is 17.2 Å². The lowest BCUT2D eigenvalue weighted by Gasteiger charge is -2.02. The van der Waals surface area contributed by atoms with Gasteiger partial charge in [-0.3, -0.25) is 4.79 Å². The molecule has 0 atom stereocenters. The first-order valence-electron chi connectivity index (χ1n) is 2.59. The highest BCUT2D eigenvalue weighted by atomic mass is 32.2. The Kier molecular flexibility index (Phi) is 1.95. The minimum atomic E-state index is 0.111. The summed E-state index contributed by atoms with van der Waals surface area (Å²) in [7, 11) is 0. The summed E-state index contributed by atoms with van der Waals surface area (Å²) in [5.74, 6) is 0.111. The smallest absolute Gasteiger partial charge is 0.160 e. The van der Waals surface area contributed by atoms with Gasteiger partial charge >= 0.3 is 0 Å². The van der Waals surface area contributed by atoms with Crippen LogP contribution in [0, 0.1) is 0 Å². The lowest BCUT2D eigenvalue weighted by atomic mass is 10.2. The molecule has 1 aliphatic heterocycles. The Bertz CT molecular complexity index is 183. The second-order valence-electron chi connectivity index (χ2n) is 1.70. The number of nitrogens with one attached hydrogen (secondary N) is 1. The predicted molar refractivity (Wildman–Crippen MR) is 38.6 cm³/mol. The molecular formula is C6H7NOS. The second-order valence-corrected chi connectivity index (χ2v) is 2.41. The van der Waals surface area contributed by atoms with Crippen LogP contribution in [0.2, 0.25) is 0 Å². The van der Waals surface area contributed by atoms with Gasteiger partial charge in [0.05, 0.1) is 0 Å². The van der Waals surface area contributed by atoms with E-state index in [1.54, 1.807) is 24.6 Å². The van der Waals surface area contributed by atoms with Gasteiger partial charge in [0.1, 0.15) is 0 Å². The number of Topliss-reactive ketones (excluding diaryl/α,β-unsaturated/α-hetero) is 1.